The van der Waals surface area contributed by atoms with Crippen molar-refractivity contribution in [2.45, 2.75) is 26.2 Å². The van der Waals surface area contributed by atoms with E-state index in [0.717, 1.165) is 44.5 Å². The van der Waals surface area contributed by atoms with Gasteiger partial charge in [0.25, 0.3) is 0 Å². The maximum atomic E-state index is 13.5. The SMILES string of the molecule is C=C/C=C(\C=C/N)CN1CCC2=CC(C)=C(C=NC)CC2(Cc2ccc(F)cc2)C1. The predicted octanol–water partition coefficient (Wildman–Crippen LogP) is 4.99. The predicted molar refractivity (Wildman–Crippen MR) is 125 cm³/mol. The van der Waals surface area contributed by atoms with Crippen molar-refractivity contribution in [3.63, 3.8) is 0 Å². The fourth-order valence-corrected chi connectivity index (χ4v) is 4.76. The molecule has 1 aromatic rings. The monoisotopic (exact) mass is 405 g/mol. The van der Waals surface area contributed by atoms with E-state index in [9.17, 15) is 4.39 Å². The number of aliphatic imine (C=N–C) groups is 1. The van der Waals surface area contributed by atoms with Crippen LogP contribution in [0.2, 0.25) is 0 Å². The maximum Gasteiger partial charge on any atom is 0.123 e. The lowest BCUT2D eigenvalue weighted by Crippen LogP contribution is -2.48. The van der Waals surface area contributed by atoms with Crippen molar-refractivity contribution in [3.05, 3.63) is 95.0 Å². The average Bonchev–Trinajstić information content (AvgIpc) is 2.71. The first-order chi connectivity index (χ1) is 14.5. The minimum absolute atomic E-state index is 0.0160. The standard InChI is InChI=1S/C26H32FN3/c1-4-5-22(10-12-28)18-30-13-11-24-14-20(2)23(17-29-3)16-26(24,19-30)15-21-6-8-25(27)9-7-21/h4-10,12,14,17H,1,11,13,15-16,18-19,28H2,2-3H3/b12-10-,22-5+,29-17?. The van der Waals surface area contributed by atoms with Gasteiger partial charge in [0.2, 0.25) is 0 Å². The number of hydrogen-bond acceptors (Lipinski definition) is 3. The molecule has 0 saturated carbocycles. The fraction of sp³-hybridized carbons (Fsp3) is 0.346. The van der Waals surface area contributed by atoms with Crippen LogP contribution in [-0.4, -0.2) is 37.8 Å². The van der Waals surface area contributed by atoms with Gasteiger partial charge in [0.1, 0.15) is 5.82 Å². The highest BCUT2D eigenvalue weighted by molar-refractivity contribution is 5.81. The van der Waals surface area contributed by atoms with Gasteiger partial charge < -0.3 is 5.73 Å². The fourth-order valence-electron chi connectivity index (χ4n) is 4.76. The Morgan fingerprint density at radius 1 is 1.33 bits per heavy atom. The van der Waals surface area contributed by atoms with E-state index in [1.165, 1.54) is 22.3 Å². The molecule has 0 radical (unpaired) electrons. The number of rotatable bonds is 7. The third-order valence-electron chi connectivity index (χ3n) is 6.12. The van der Waals surface area contributed by atoms with Gasteiger partial charge in [-0.25, -0.2) is 4.39 Å². The molecule has 1 aliphatic carbocycles. The molecule has 3 nitrogen and oxygen atoms in total. The molecule has 158 valence electrons. The van der Waals surface area contributed by atoms with E-state index >= 15 is 0 Å². The molecule has 0 aromatic heterocycles. The Kier molecular flexibility index (Phi) is 7.22. The van der Waals surface area contributed by atoms with Crippen LogP contribution in [0.3, 0.4) is 0 Å². The van der Waals surface area contributed by atoms with Gasteiger partial charge in [-0.3, -0.25) is 9.89 Å². The number of halogens is 1. The topological polar surface area (TPSA) is 41.6 Å². The van der Waals surface area contributed by atoms with Crippen molar-refractivity contribution in [1.82, 2.24) is 4.90 Å². The van der Waals surface area contributed by atoms with Crippen LogP contribution in [0.15, 0.2) is 88.6 Å². The molecule has 4 heteroatoms. The van der Waals surface area contributed by atoms with Gasteiger partial charge in [-0.15, -0.1) is 0 Å². The summed E-state index contributed by atoms with van der Waals surface area (Å²) in [6.45, 7) is 8.78. The summed E-state index contributed by atoms with van der Waals surface area (Å²) in [5.41, 5.74) is 12.0. The minimum Gasteiger partial charge on any atom is -0.405 e. The maximum absolute atomic E-state index is 13.5. The minimum atomic E-state index is -0.191. The molecule has 1 fully saturated rings. The summed E-state index contributed by atoms with van der Waals surface area (Å²) >= 11 is 0. The number of piperidine rings is 1. The first kappa shape index (κ1) is 22.0. The second-order valence-corrected chi connectivity index (χ2v) is 8.32. The van der Waals surface area contributed by atoms with E-state index in [2.05, 4.69) is 29.5 Å². The zero-order valence-corrected chi connectivity index (χ0v) is 18.1. The highest BCUT2D eigenvalue weighted by Gasteiger charge is 2.41. The molecule has 2 aliphatic rings. The van der Waals surface area contributed by atoms with Crippen molar-refractivity contribution < 1.29 is 4.39 Å². The zero-order valence-electron chi connectivity index (χ0n) is 18.1. The average molecular weight is 406 g/mol. The molecule has 1 unspecified atom stereocenters. The van der Waals surface area contributed by atoms with Crippen molar-refractivity contribution in [2.24, 2.45) is 16.1 Å². The van der Waals surface area contributed by atoms with Crippen molar-refractivity contribution in [2.75, 3.05) is 26.7 Å². The van der Waals surface area contributed by atoms with Gasteiger partial charge in [0, 0.05) is 38.3 Å². The van der Waals surface area contributed by atoms with E-state index in [4.69, 9.17) is 5.73 Å². The molecule has 3 rings (SSSR count). The molecule has 1 saturated heterocycles. The van der Waals surface area contributed by atoms with Gasteiger partial charge in [0.15, 0.2) is 0 Å². The largest absolute Gasteiger partial charge is 0.405 e. The lowest BCUT2D eigenvalue weighted by atomic mass is 9.64. The van der Waals surface area contributed by atoms with Gasteiger partial charge in [-0.1, -0.05) is 42.5 Å². The molecule has 2 N–H and O–H groups in total. The summed E-state index contributed by atoms with van der Waals surface area (Å²) in [4.78, 5) is 6.79. The van der Waals surface area contributed by atoms with E-state index in [-0.39, 0.29) is 11.2 Å². The molecule has 1 heterocycles. The zero-order chi connectivity index (χ0) is 21.6. The van der Waals surface area contributed by atoms with E-state index in [1.54, 1.807) is 24.4 Å². The van der Waals surface area contributed by atoms with Gasteiger partial charge >= 0.3 is 0 Å². The molecular weight excluding hydrogens is 373 g/mol. The third-order valence-corrected chi connectivity index (χ3v) is 6.12. The summed E-state index contributed by atoms with van der Waals surface area (Å²) in [6.07, 6.45) is 14.6. The number of likely N-dealkylation sites (tertiary alicyclic amines) is 1. The molecule has 1 aromatic carbocycles. The Bertz CT molecular complexity index is 918. The Morgan fingerprint density at radius 3 is 2.77 bits per heavy atom. The van der Waals surface area contributed by atoms with E-state index < -0.39 is 0 Å². The Hall–Kier alpha value is -2.72. The van der Waals surface area contributed by atoms with Gasteiger partial charge in [-0.05, 0) is 72.9 Å². The molecule has 1 aliphatic heterocycles. The lowest BCUT2D eigenvalue weighted by Gasteiger charge is -2.47. The van der Waals surface area contributed by atoms with E-state index in [0.29, 0.717) is 0 Å². The molecule has 30 heavy (non-hydrogen) atoms. The van der Waals surface area contributed by atoms with Crippen LogP contribution in [0.4, 0.5) is 4.39 Å². The summed E-state index contributed by atoms with van der Waals surface area (Å²) in [7, 11) is 1.82. The number of nitrogens with two attached hydrogens (primary N) is 1. The number of benzene rings is 1. The smallest absolute Gasteiger partial charge is 0.123 e. The molecule has 0 bridgehead atoms. The quantitative estimate of drug-likeness (QED) is 0.513. The van der Waals surface area contributed by atoms with Crippen molar-refractivity contribution in [3.8, 4) is 0 Å². The summed E-state index contributed by atoms with van der Waals surface area (Å²) in [5.74, 6) is -0.191. The first-order valence-electron chi connectivity index (χ1n) is 10.5. The molecule has 0 amide bonds. The van der Waals surface area contributed by atoms with Crippen LogP contribution >= 0.6 is 0 Å². The Labute approximate surface area is 179 Å². The number of hydrogen-bond donors (Lipinski definition) is 1. The van der Waals surface area contributed by atoms with Crippen LogP contribution < -0.4 is 5.73 Å². The van der Waals surface area contributed by atoms with Crippen LogP contribution in [0, 0.1) is 11.2 Å². The second kappa shape index (κ2) is 9.86. The van der Waals surface area contributed by atoms with Crippen LogP contribution in [-0.2, 0) is 6.42 Å². The van der Waals surface area contributed by atoms with Crippen molar-refractivity contribution >= 4 is 6.21 Å². The van der Waals surface area contributed by atoms with Gasteiger partial charge in [0.05, 0.1) is 0 Å². The lowest BCUT2D eigenvalue weighted by molar-refractivity contribution is 0.148. The van der Waals surface area contributed by atoms with Crippen molar-refractivity contribution in [1.29, 1.82) is 0 Å². The van der Waals surface area contributed by atoms with Crippen LogP contribution in [0.5, 0.6) is 0 Å². The normalized spacial score (nSPS) is 23.2. The highest BCUT2D eigenvalue weighted by Crippen LogP contribution is 2.47. The van der Waals surface area contributed by atoms with E-state index in [1.807, 2.05) is 37.5 Å². The third kappa shape index (κ3) is 5.06. The highest BCUT2D eigenvalue weighted by atomic mass is 19.1. The molecule has 0 spiro atoms. The second-order valence-electron chi connectivity index (χ2n) is 8.32. The first-order valence-corrected chi connectivity index (χ1v) is 10.5. The summed E-state index contributed by atoms with van der Waals surface area (Å²) in [6, 6.07) is 6.95. The van der Waals surface area contributed by atoms with Crippen LogP contribution in [0.25, 0.3) is 0 Å². The number of allylic oxidation sites excluding steroid dienone is 5. The Morgan fingerprint density at radius 2 is 2.10 bits per heavy atom. The molecule has 1 atom stereocenters. The summed E-state index contributed by atoms with van der Waals surface area (Å²) in [5, 5.41) is 0. The molecular formula is C26H32FN3. The number of nitrogens with zero attached hydrogens (tertiary/aromatic N) is 2. The summed E-state index contributed by atoms with van der Waals surface area (Å²) < 4.78 is 13.5. The van der Waals surface area contributed by atoms with Gasteiger partial charge in [-0.2, -0.15) is 0 Å². The number of fused-ring (bicyclic) bond motifs is 1. The van der Waals surface area contributed by atoms with Crippen LogP contribution in [0.1, 0.15) is 25.3 Å². The Balaban J connectivity index is 1.94.